The highest BCUT2D eigenvalue weighted by Gasteiger charge is 2.33. The first-order valence-corrected chi connectivity index (χ1v) is 15.8. The second kappa shape index (κ2) is 14.4. The van der Waals surface area contributed by atoms with Gasteiger partial charge in [0.25, 0.3) is 0 Å². The van der Waals surface area contributed by atoms with Gasteiger partial charge in [0.05, 0.1) is 17.1 Å². The number of aryl methyl sites for hydroxylation is 1. The molecular formula is C32H30ClF3N6O3S. The van der Waals surface area contributed by atoms with E-state index in [2.05, 4.69) is 25.1 Å². The van der Waals surface area contributed by atoms with Crippen LogP contribution in [0.3, 0.4) is 0 Å². The van der Waals surface area contributed by atoms with Gasteiger partial charge in [-0.2, -0.15) is 4.99 Å². The smallest absolute Gasteiger partial charge is 0.406 e. The maximum Gasteiger partial charge on any atom is 0.573 e. The Bertz CT molecular complexity index is 1740. The molecule has 0 bridgehead atoms. The van der Waals surface area contributed by atoms with Crippen molar-refractivity contribution < 1.29 is 27.5 Å². The molecule has 0 atom stereocenters. The van der Waals surface area contributed by atoms with Crippen LogP contribution in [0.5, 0.6) is 5.75 Å². The van der Waals surface area contributed by atoms with E-state index in [1.165, 1.54) is 51.9 Å². The third kappa shape index (κ3) is 8.46. The standard InChI is InChI=1S/C32H30ClF3N6O3S/c1-20(2)26-14-9-23(33)17-27(26)42-28(43)18-46-31(42)39-30(44)37-15-4-3-6-21-7-5-8-22(16-21)29-38-19-41(40-29)24-10-12-25(13-11-24)45-32(34,35)36/h5,7-14,16-17,19-20H,3-4,6,15,18H2,1-2H3,(H,37,44). The molecule has 14 heteroatoms. The summed E-state index contributed by atoms with van der Waals surface area (Å²) < 4.78 is 42.7. The SMILES string of the molecule is CC(C)c1ccc(Cl)cc1N1C(=O)CSC1=NC(=O)NCCCCc1cccc(-c2ncn(-c3ccc(OC(F)(F)F)cc3)n2)c1. The van der Waals surface area contributed by atoms with Crippen molar-refractivity contribution in [3.8, 4) is 22.8 Å². The molecule has 0 unspecified atom stereocenters. The lowest BCUT2D eigenvalue weighted by molar-refractivity contribution is -0.274. The van der Waals surface area contributed by atoms with Gasteiger partial charge in [-0.1, -0.05) is 61.5 Å². The molecule has 1 N–H and O–H groups in total. The molecule has 9 nitrogen and oxygen atoms in total. The molecule has 5 rings (SSSR count). The van der Waals surface area contributed by atoms with E-state index in [0.717, 1.165) is 29.5 Å². The largest absolute Gasteiger partial charge is 0.573 e. The number of nitrogens with zero attached hydrogens (tertiary/aromatic N) is 5. The van der Waals surface area contributed by atoms with Crippen LogP contribution in [-0.2, 0) is 11.2 Å². The number of ether oxygens (including phenoxy) is 1. The van der Waals surface area contributed by atoms with Crippen LogP contribution in [0.4, 0.5) is 23.7 Å². The number of carbonyl (C=O) groups is 2. The molecule has 3 aromatic carbocycles. The van der Waals surface area contributed by atoms with E-state index in [4.69, 9.17) is 11.6 Å². The zero-order valence-electron chi connectivity index (χ0n) is 24.9. The second-order valence-corrected chi connectivity index (χ2v) is 12.1. The average Bonchev–Trinajstić information content (AvgIpc) is 3.63. The number of unbranched alkanes of at least 4 members (excludes halogenated alkanes) is 1. The Balaban J connectivity index is 1.13. The number of amidine groups is 1. The first kappa shape index (κ1) is 33.0. The van der Waals surface area contributed by atoms with Gasteiger partial charge in [0, 0.05) is 17.1 Å². The Morgan fingerprint density at radius 1 is 1.11 bits per heavy atom. The van der Waals surface area contributed by atoms with Crippen LogP contribution in [0.25, 0.3) is 17.1 Å². The normalized spacial score (nSPS) is 14.4. The van der Waals surface area contributed by atoms with Crippen LogP contribution >= 0.6 is 23.4 Å². The number of rotatable bonds is 10. The highest BCUT2D eigenvalue weighted by Crippen LogP contribution is 2.35. The number of halogens is 4. The number of aliphatic imine (C=N–C) groups is 1. The van der Waals surface area contributed by atoms with E-state index in [1.54, 1.807) is 12.1 Å². The van der Waals surface area contributed by atoms with E-state index in [1.807, 2.05) is 44.2 Å². The molecule has 0 aliphatic carbocycles. The number of urea groups is 1. The minimum atomic E-state index is -4.76. The zero-order valence-corrected chi connectivity index (χ0v) is 26.5. The summed E-state index contributed by atoms with van der Waals surface area (Å²) in [5.74, 6) is 0.338. The van der Waals surface area contributed by atoms with Gasteiger partial charge in [0.2, 0.25) is 5.91 Å². The topological polar surface area (TPSA) is 102 Å². The predicted octanol–water partition coefficient (Wildman–Crippen LogP) is 7.78. The van der Waals surface area contributed by atoms with E-state index in [0.29, 0.717) is 40.4 Å². The fourth-order valence-electron chi connectivity index (χ4n) is 4.84. The fourth-order valence-corrected chi connectivity index (χ4v) is 5.87. The van der Waals surface area contributed by atoms with Crippen molar-refractivity contribution in [2.45, 2.75) is 45.4 Å². The number of carbonyl (C=O) groups excluding carboxylic acids is 2. The average molecular weight is 671 g/mol. The van der Waals surface area contributed by atoms with Gasteiger partial charge in [-0.3, -0.25) is 9.69 Å². The number of amides is 3. The molecule has 1 fully saturated rings. The summed E-state index contributed by atoms with van der Waals surface area (Å²) in [5, 5.41) is 8.10. The Morgan fingerprint density at radius 3 is 2.63 bits per heavy atom. The first-order chi connectivity index (χ1) is 22.0. The number of thioether (sulfide) groups is 1. The van der Waals surface area contributed by atoms with Crippen LogP contribution in [0, 0.1) is 0 Å². The van der Waals surface area contributed by atoms with Gasteiger partial charge < -0.3 is 10.1 Å². The quantitative estimate of drug-likeness (QED) is 0.173. The van der Waals surface area contributed by atoms with Crippen LogP contribution in [0.15, 0.2) is 78.0 Å². The first-order valence-electron chi connectivity index (χ1n) is 14.5. The molecule has 0 saturated carbocycles. The van der Waals surface area contributed by atoms with Crippen molar-refractivity contribution in [1.29, 1.82) is 0 Å². The number of hydrogen-bond donors (Lipinski definition) is 1. The summed E-state index contributed by atoms with van der Waals surface area (Å²) in [6, 6.07) is 18.0. The monoisotopic (exact) mass is 670 g/mol. The van der Waals surface area contributed by atoms with E-state index >= 15 is 0 Å². The van der Waals surface area contributed by atoms with Gasteiger partial charge >= 0.3 is 12.4 Å². The maximum absolute atomic E-state index is 12.7. The molecular weight excluding hydrogens is 641 g/mol. The van der Waals surface area contributed by atoms with E-state index in [9.17, 15) is 22.8 Å². The Labute approximate surface area is 272 Å². The van der Waals surface area contributed by atoms with Crippen LogP contribution in [0.2, 0.25) is 5.02 Å². The molecule has 1 aliphatic heterocycles. The number of hydrogen-bond acceptors (Lipinski definition) is 6. The highest BCUT2D eigenvalue weighted by molar-refractivity contribution is 8.15. The van der Waals surface area contributed by atoms with Crippen LogP contribution in [-0.4, -0.2) is 50.5 Å². The van der Waals surface area contributed by atoms with Gasteiger partial charge in [-0.25, -0.2) is 14.5 Å². The third-order valence-electron chi connectivity index (χ3n) is 7.00. The van der Waals surface area contributed by atoms with Crippen molar-refractivity contribution in [1.82, 2.24) is 20.1 Å². The summed E-state index contributed by atoms with van der Waals surface area (Å²) in [5.41, 5.74) is 3.97. The number of alkyl halides is 3. The molecule has 0 spiro atoms. The zero-order chi connectivity index (χ0) is 32.8. The molecule has 0 radical (unpaired) electrons. The van der Waals surface area contributed by atoms with Crippen molar-refractivity contribution in [3.05, 3.63) is 89.2 Å². The van der Waals surface area contributed by atoms with Crippen molar-refractivity contribution in [2.24, 2.45) is 4.99 Å². The Morgan fingerprint density at radius 2 is 1.89 bits per heavy atom. The highest BCUT2D eigenvalue weighted by atomic mass is 35.5. The van der Waals surface area contributed by atoms with Crippen molar-refractivity contribution >= 4 is 46.2 Å². The lowest BCUT2D eigenvalue weighted by Gasteiger charge is -2.21. The molecule has 46 heavy (non-hydrogen) atoms. The minimum Gasteiger partial charge on any atom is -0.406 e. The molecule has 1 aromatic heterocycles. The van der Waals surface area contributed by atoms with Crippen LogP contribution < -0.4 is 15.0 Å². The Kier molecular flexibility index (Phi) is 10.3. The van der Waals surface area contributed by atoms with Crippen molar-refractivity contribution in [3.63, 3.8) is 0 Å². The fraction of sp³-hybridized carbons (Fsp3) is 0.281. The lowest BCUT2D eigenvalue weighted by atomic mass is 10.0. The van der Waals surface area contributed by atoms with E-state index < -0.39 is 12.4 Å². The lowest BCUT2D eigenvalue weighted by Crippen LogP contribution is -2.32. The van der Waals surface area contributed by atoms with Gasteiger partial charge in [0.1, 0.15) is 12.1 Å². The van der Waals surface area contributed by atoms with Crippen LogP contribution in [0.1, 0.15) is 43.7 Å². The second-order valence-electron chi connectivity index (χ2n) is 10.7. The predicted molar refractivity (Wildman–Crippen MR) is 173 cm³/mol. The maximum atomic E-state index is 12.7. The van der Waals surface area contributed by atoms with Gasteiger partial charge in [0.15, 0.2) is 11.0 Å². The van der Waals surface area contributed by atoms with Crippen molar-refractivity contribution in [2.75, 3.05) is 17.2 Å². The molecule has 1 saturated heterocycles. The molecule has 3 amide bonds. The Hall–Kier alpha value is -4.36. The minimum absolute atomic E-state index is 0.145. The number of benzene rings is 3. The summed E-state index contributed by atoms with van der Waals surface area (Å²) >= 11 is 7.44. The molecule has 240 valence electrons. The summed E-state index contributed by atoms with van der Waals surface area (Å²) in [7, 11) is 0. The summed E-state index contributed by atoms with van der Waals surface area (Å²) in [4.78, 5) is 35.4. The molecule has 2 heterocycles. The van der Waals surface area contributed by atoms with Gasteiger partial charge in [-0.05, 0) is 78.8 Å². The number of anilines is 1. The summed E-state index contributed by atoms with van der Waals surface area (Å²) in [6.07, 6.45) is -1.00. The number of nitrogens with one attached hydrogen (secondary N) is 1. The number of aromatic nitrogens is 3. The van der Waals surface area contributed by atoms with Gasteiger partial charge in [-0.15, -0.1) is 18.3 Å². The molecule has 4 aromatic rings. The summed E-state index contributed by atoms with van der Waals surface area (Å²) in [6.45, 7) is 4.47. The molecule has 1 aliphatic rings. The third-order valence-corrected chi connectivity index (χ3v) is 8.16. The van der Waals surface area contributed by atoms with E-state index in [-0.39, 0.29) is 23.3 Å².